The van der Waals surface area contributed by atoms with Crippen LogP contribution < -0.4 is 36.2 Å². The van der Waals surface area contributed by atoms with E-state index in [1.807, 2.05) is 31.2 Å². The highest BCUT2D eigenvalue weighted by Crippen LogP contribution is 2.34. The van der Waals surface area contributed by atoms with Crippen molar-refractivity contribution in [3.63, 3.8) is 0 Å². The lowest BCUT2D eigenvalue weighted by Gasteiger charge is -2.36. The SMILES string of the molecule is Cc1cnc(Nc2ccc(N3CCN(C(=O)CCC(=O)NCCCCCCCCNC(=O)COc4cccc5c4C(=O)N(C4CCC(=O)NC4=O)C5=O)CC3)cc2)nc1Nc1cccc([SH](=O)=O)c1. The molecule has 4 aromatic rings. The zero-order valence-corrected chi connectivity index (χ0v) is 39.2. The number of hydrogen-bond acceptors (Lipinski definition) is 15. The van der Waals surface area contributed by atoms with Crippen LogP contribution in [0.5, 0.6) is 5.75 Å². The Balaban J connectivity index is 0.705. The quantitative estimate of drug-likeness (QED) is 0.0373. The van der Waals surface area contributed by atoms with Gasteiger partial charge in [0.1, 0.15) is 17.6 Å². The van der Waals surface area contributed by atoms with E-state index in [-0.39, 0.29) is 71.8 Å². The number of anilines is 5. The Kier molecular flexibility index (Phi) is 16.9. The fraction of sp³-hybridized carbons (Fsp3) is 0.396. The number of piperidine rings is 1. The molecule has 5 N–H and O–H groups in total. The van der Waals surface area contributed by atoms with E-state index < -0.39 is 40.4 Å². The molecular formula is C48H56N10O10S. The monoisotopic (exact) mass is 964 g/mol. The third-order valence-corrected chi connectivity index (χ3v) is 12.7. The zero-order chi connectivity index (χ0) is 48.9. The number of unbranched alkanes of at least 4 members (excludes halogenated alkanes) is 5. The molecule has 0 radical (unpaired) electrons. The maximum absolute atomic E-state index is 13.2. The van der Waals surface area contributed by atoms with Gasteiger partial charge < -0.3 is 35.8 Å². The predicted molar refractivity (Wildman–Crippen MR) is 255 cm³/mol. The van der Waals surface area contributed by atoms with Crippen LogP contribution in [0.3, 0.4) is 0 Å². The Morgan fingerprint density at radius 3 is 2.19 bits per heavy atom. The predicted octanol–water partition coefficient (Wildman–Crippen LogP) is 3.72. The lowest BCUT2D eigenvalue weighted by Crippen LogP contribution is -2.54. The lowest BCUT2D eigenvalue weighted by molar-refractivity contribution is -0.136. The van der Waals surface area contributed by atoms with Crippen LogP contribution >= 0.6 is 0 Å². The number of carbonyl (C=O) groups excluding carboxylic acids is 7. The number of piperazine rings is 1. The number of benzene rings is 3. The maximum atomic E-state index is 13.2. The molecule has 1 unspecified atom stereocenters. The Morgan fingerprint density at radius 2 is 1.48 bits per heavy atom. The van der Waals surface area contributed by atoms with Crippen LogP contribution in [0.4, 0.5) is 28.8 Å². The molecule has 69 heavy (non-hydrogen) atoms. The topological polar surface area (TPSA) is 259 Å². The van der Waals surface area contributed by atoms with Crippen molar-refractivity contribution in [1.29, 1.82) is 0 Å². The van der Waals surface area contributed by atoms with Gasteiger partial charge in [-0.2, -0.15) is 4.98 Å². The number of hydrogen-bond donors (Lipinski definition) is 6. The van der Waals surface area contributed by atoms with Crippen molar-refractivity contribution in [2.75, 3.05) is 61.4 Å². The van der Waals surface area contributed by atoms with E-state index in [1.165, 1.54) is 24.3 Å². The lowest BCUT2D eigenvalue weighted by atomic mass is 10.0. The van der Waals surface area contributed by atoms with E-state index >= 15 is 0 Å². The molecule has 3 aliphatic heterocycles. The maximum Gasteiger partial charge on any atom is 0.266 e. The molecule has 2 saturated heterocycles. The normalized spacial score (nSPS) is 15.7. The van der Waals surface area contributed by atoms with Gasteiger partial charge in [0.2, 0.25) is 29.6 Å². The molecule has 0 saturated carbocycles. The van der Waals surface area contributed by atoms with Crippen molar-refractivity contribution in [3.8, 4) is 5.75 Å². The van der Waals surface area contributed by atoms with E-state index in [9.17, 15) is 42.0 Å². The number of rotatable bonds is 22. The molecule has 4 heterocycles. The van der Waals surface area contributed by atoms with Crippen molar-refractivity contribution in [2.24, 2.45) is 0 Å². The van der Waals surface area contributed by atoms with Crippen LogP contribution in [0.2, 0.25) is 0 Å². The van der Waals surface area contributed by atoms with Gasteiger partial charge in [-0.3, -0.25) is 43.8 Å². The fourth-order valence-electron chi connectivity index (χ4n) is 8.24. The molecule has 7 amide bonds. The number of fused-ring (bicyclic) bond motifs is 1. The number of nitrogens with zero attached hydrogens (tertiary/aromatic N) is 5. The minimum atomic E-state index is -2.71. The summed E-state index contributed by atoms with van der Waals surface area (Å²) in [4.78, 5) is 102. The van der Waals surface area contributed by atoms with Crippen molar-refractivity contribution < 1.29 is 46.7 Å². The van der Waals surface area contributed by atoms with E-state index in [0.717, 1.165) is 60.4 Å². The fourth-order valence-corrected chi connectivity index (χ4v) is 8.69. The van der Waals surface area contributed by atoms with E-state index in [4.69, 9.17) is 4.74 Å². The molecule has 7 rings (SSSR count). The molecule has 0 spiro atoms. The summed E-state index contributed by atoms with van der Waals surface area (Å²) in [6.07, 6.45) is 7.35. The first-order valence-corrected chi connectivity index (χ1v) is 24.3. The number of amides is 7. The molecule has 0 bridgehead atoms. The number of imide groups is 2. The van der Waals surface area contributed by atoms with Gasteiger partial charge in [0.15, 0.2) is 17.3 Å². The summed E-state index contributed by atoms with van der Waals surface area (Å²) in [6.45, 7) is 4.91. The van der Waals surface area contributed by atoms with E-state index in [0.29, 0.717) is 56.7 Å². The number of aromatic nitrogens is 2. The van der Waals surface area contributed by atoms with Gasteiger partial charge in [0, 0.05) is 87.4 Å². The highest BCUT2D eigenvalue weighted by atomic mass is 32.2. The average Bonchev–Trinajstić information content (AvgIpc) is 3.60. The number of aryl methyl sites for hydroxylation is 1. The Morgan fingerprint density at radius 1 is 0.783 bits per heavy atom. The summed E-state index contributed by atoms with van der Waals surface area (Å²) in [5, 5.41) is 14.3. The summed E-state index contributed by atoms with van der Waals surface area (Å²) in [5.74, 6) is -2.11. The van der Waals surface area contributed by atoms with Gasteiger partial charge in [-0.15, -0.1) is 0 Å². The van der Waals surface area contributed by atoms with Crippen LogP contribution in [0.25, 0.3) is 0 Å². The molecular weight excluding hydrogens is 909 g/mol. The minimum Gasteiger partial charge on any atom is -0.483 e. The second-order valence-corrected chi connectivity index (χ2v) is 18.0. The van der Waals surface area contributed by atoms with Crippen LogP contribution in [0, 0.1) is 6.92 Å². The van der Waals surface area contributed by atoms with Crippen molar-refractivity contribution in [1.82, 2.24) is 35.7 Å². The Bertz CT molecular complexity index is 2640. The number of carbonyl (C=O) groups is 7. The van der Waals surface area contributed by atoms with Gasteiger partial charge in [-0.1, -0.05) is 37.8 Å². The first-order valence-electron chi connectivity index (χ1n) is 23.1. The summed E-state index contributed by atoms with van der Waals surface area (Å²) in [5.41, 5.74) is 3.24. The number of thiol groups is 1. The van der Waals surface area contributed by atoms with Crippen LogP contribution in [0.1, 0.15) is 90.5 Å². The van der Waals surface area contributed by atoms with Crippen LogP contribution in [-0.2, 0) is 34.7 Å². The van der Waals surface area contributed by atoms with Gasteiger partial charge in [-0.05, 0) is 80.8 Å². The molecule has 0 aliphatic carbocycles. The van der Waals surface area contributed by atoms with Gasteiger partial charge in [0.05, 0.1) is 16.0 Å². The second kappa shape index (κ2) is 23.5. The largest absolute Gasteiger partial charge is 0.483 e. The van der Waals surface area contributed by atoms with Gasteiger partial charge in [0.25, 0.3) is 17.7 Å². The number of nitrogens with one attached hydrogen (secondary N) is 5. The summed E-state index contributed by atoms with van der Waals surface area (Å²) < 4.78 is 28.5. The molecule has 3 aliphatic rings. The third-order valence-electron chi connectivity index (χ3n) is 12.0. The van der Waals surface area contributed by atoms with Crippen molar-refractivity contribution in [3.05, 3.63) is 89.6 Å². The average molecular weight is 965 g/mol. The molecule has 364 valence electrons. The van der Waals surface area contributed by atoms with Crippen LogP contribution in [0.15, 0.2) is 77.8 Å². The molecule has 21 heteroatoms. The van der Waals surface area contributed by atoms with Gasteiger partial charge in [-0.25, -0.2) is 13.4 Å². The molecule has 1 aromatic heterocycles. The van der Waals surface area contributed by atoms with E-state index in [2.05, 4.69) is 41.5 Å². The third kappa shape index (κ3) is 13.2. The Labute approximate surface area is 400 Å². The highest BCUT2D eigenvalue weighted by molar-refractivity contribution is 7.72. The molecule has 2 fully saturated rings. The Hall–Kier alpha value is -7.42. The molecule has 1 atom stereocenters. The molecule has 3 aromatic carbocycles. The van der Waals surface area contributed by atoms with Crippen molar-refractivity contribution in [2.45, 2.75) is 82.1 Å². The minimum absolute atomic E-state index is 0.00897. The standard InChI is InChI=1S/C48H56N10O10S/c1-31-29-51-48(55-44(31)52-33-10-8-11-35(28-33)69(66)67)53-32-14-16-34(17-15-32)56-24-26-57(27-25-56)42(62)21-20-39(59)49-22-6-4-2-3-5-7-23-50-41(61)30-68-38-13-9-12-36-43(38)47(65)58(46(36)64)37-18-19-40(60)54-45(37)63/h8-17,28-29,37,69H,2-7,18-27,30H2,1H3,(H,49,59)(H,50,61)(H,54,60,63)(H2,51,52,53,55). The summed E-state index contributed by atoms with van der Waals surface area (Å²) in [7, 11) is -2.71. The summed E-state index contributed by atoms with van der Waals surface area (Å²) in [6, 6.07) is 17.7. The first kappa shape index (κ1) is 49.5. The smallest absolute Gasteiger partial charge is 0.266 e. The number of ether oxygens (including phenoxy) is 1. The summed E-state index contributed by atoms with van der Waals surface area (Å²) >= 11 is 0. The highest BCUT2D eigenvalue weighted by Gasteiger charge is 2.46. The van der Waals surface area contributed by atoms with E-state index in [1.54, 1.807) is 29.3 Å². The van der Waals surface area contributed by atoms with Crippen LogP contribution in [-0.4, -0.2) is 121 Å². The van der Waals surface area contributed by atoms with Crippen molar-refractivity contribution >= 4 is 80.9 Å². The molecule has 20 nitrogen and oxygen atoms in total. The first-order chi connectivity index (χ1) is 33.3. The second-order valence-electron chi connectivity index (χ2n) is 16.9. The zero-order valence-electron chi connectivity index (χ0n) is 38.3. The van der Waals surface area contributed by atoms with Gasteiger partial charge >= 0.3 is 0 Å².